The van der Waals surface area contributed by atoms with Crippen molar-refractivity contribution in [1.29, 1.82) is 0 Å². The van der Waals surface area contributed by atoms with Crippen LogP contribution in [0.5, 0.6) is 5.75 Å². The fourth-order valence-corrected chi connectivity index (χ4v) is 5.13. The summed E-state index contributed by atoms with van der Waals surface area (Å²) in [6.07, 6.45) is 2.31. The number of likely N-dealkylation sites (N-methyl/N-ethyl adjacent to an activating group) is 1. The van der Waals surface area contributed by atoms with E-state index in [0.29, 0.717) is 19.0 Å². The third-order valence-corrected chi connectivity index (χ3v) is 6.88. The van der Waals surface area contributed by atoms with Crippen LogP contribution in [0.1, 0.15) is 29.3 Å². The lowest BCUT2D eigenvalue weighted by Crippen LogP contribution is -3.14. The number of likely N-dealkylation sites (tertiary alicyclic amines) is 1. The van der Waals surface area contributed by atoms with Gasteiger partial charge >= 0.3 is 0 Å². The van der Waals surface area contributed by atoms with Gasteiger partial charge in [0, 0.05) is 13.6 Å². The van der Waals surface area contributed by atoms with Crippen LogP contribution in [0.3, 0.4) is 0 Å². The van der Waals surface area contributed by atoms with Crippen molar-refractivity contribution < 1.29 is 14.4 Å². The standard InChI is InChI=1S/C23H27N3O2S/c1-25(14-17-9-11-19(28-2)12-10-17)22(27)16-26-13-5-6-18(15-26)23-24-20-7-3-4-8-21(20)29-23/h3-4,7-12,18H,5-6,13-16H2,1-2H3/p+1/t18-/m1/s1. The fraction of sp³-hybridized carbons (Fsp3) is 0.391. The Hall–Kier alpha value is -2.44. The first kappa shape index (κ1) is 19.9. The van der Waals surface area contributed by atoms with Crippen molar-refractivity contribution in [2.75, 3.05) is 33.8 Å². The Morgan fingerprint density at radius 1 is 1.24 bits per heavy atom. The van der Waals surface area contributed by atoms with Crippen LogP contribution >= 0.6 is 11.3 Å². The number of ether oxygens (including phenoxy) is 1. The lowest BCUT2D eigenvalue weighted by atomic mass is 9.98. The summed E-state index contributed by atoms with van der Waals surface area (Å²) < 4.78 is 6.45. The van der Waals surface area contributed by atoms with Gasteiger partial charge < -0.3 is 14.5 Å². The predicted molar refractivity (Wildman–Crippen MR) is 117 cm³/mol. The molecular weight excluding hydrogens is 382 g/mol. The van der Waals surface area contributed by atoms with Gasteiger partial charge in [-0.2, -0.15) is 0 Å². The van der Waals surface area contributed by atoms with Gasteiger partial charge in [-0.15, -0.1) is 11.3 Å². The molecule has 0 radical (unpaired) electrons. The van der Waals surface area contributed by atoms with E-state index < -0.39 is 0 Å². The molecule has 0 spiro atoms. The van der Waals surface area contributed by atoms with Crippen LogP contribution in [-0.2, 0) is 11.3 Å². The van der Waals surface area contributed by atoms with Crippen LogP contribution in [-0.4, -0.2) is 49.6 Å². The Kier molecular flexibility index (Phi) is 6.11. The summed E-state index contributed by atoms with van der Waals surface area (Å²) >= 11 is 1.81. The number of fused-ring (bicyclic) bond motifs is 1. The number of nitrogens with one attached hydrogen (secondary N) is 1. The lowest BCUT2D eigenvalue weighted by molar-refractivity contribution is -0.898. The molecule has 0 bridgehead atoms. The summed E-state index contributed by atoms with van der Waals surface area (Å²) in [7, 11) is 3.55. The zero-order chi connectivity index (χ0) is 20.2. The van der Waals surface area contributed by atoms with E-state index in [4.69, 9.17) is 9.72 Å². The highest BCUT2D eigenvalue weighted by Crippen LogP contribution is 2.30. The molecule has 2 aromatic carbocycles. The molecule has 1 saturated heterocycles. The number of rotatable bonds is 6. The Morgan fingerprint density at radius 3 is 2.79 bits per heavy atom. The van der Waals surface area contributed by atoms with Crippen LogP contribution < -0.4 is 9.64 Å². The van der Waals surface area contributed by atoms with E-state index in [0.717, 1.165) is 36.3 Å². The monoisotopic (exact) mass is 410 g/mol. The number of para-hydroxylation sites is 1. The van der Waals surface area contributed by atoms with Crippen molar-refractivity contribution in [2.45, 2.75) is 25.3 Å². The number of piperidine rings is 1. The second-order valence-corrected chi connectivity index (χ2v) is 8.90. The normalized spacial score (nSPS) is 19.2. The number of aromatic nitrogens is 1. The van der Waals surface area contributed by atoms with Crippen LogP contribution in [0.25, 0.3) is 10.2 Å². The van der Waals surface area contributed by atoms with Crippen LogP contribution in [0.15, 0.2) is 48.5 Å². The molecule has 1 fully saturated rings. The minimum Gasteiger partial charge on any atom is -0.497 e. The van der Waals surface area contributed by atoms with Crippen molar-refractivity contribution in [3.05, 3.63) is 59.1 Å². The molecule has 3 aromatic rings. The number of methoxy groups -OCH3 is 1. The molecule has 0 saturated carbocycles. The van der Waals surface area contributed by atoms with Crippen molar-refractivity contribution in [3.63, 3.8) is 0 Å². The molecule has 0 aliphatic carbocycles. The van der Waals surface area contributed by atoms with Crippen LogP contribution in [0.4, 0.5) is 0 Å². The van der Waals surface area contributed by atoms with E-state index >= 15 is 0 Å². The number of benzene rings is 2. The van der Waals surface area contributed by atoms with Crippen molar-refractivity contribution in [2.24, 2.45) is 0 Å². The third kappa shape index (κ3) is 4.77. The van der Waals surface area contributed by atoms with E-state index in [-0.39, 0.29) is 5.91 Å². The Morgan fingerprint density at radius 2 is 2.03 bits per heavy atom. The summed E-state index contributed by atoms with van der Waals surface area (Å²) in [4.78, 5) is 20.8. The minimum atomic E-state index is 0.195. The van der Waals surface area contributed by atoms with E-state index in [1.54, 1.807) is 18.4 Å². The topological polar surface area (TPSA) is 46.9 Å². The molecule has 1 aliphatic heterocycles. The number of thiazole rings is 1. The highest BCUT2D eigenvalue weighted by molar-refractivity contribution is 7.18. The van der Waals surface area contributed by atoms with Crippen molar-refractivity contribution in [3.8, 4) is 5.75 Å². The molecule has 6 heteroatoms. The van der Waals surface area contributed by atoms with Gasteiger partial charge in [-0.05, 0) is 42.7 Å². The Labute approximate surface area is 175 Å². The van der Waals surface area contributed by atoms with Gasteiger partial charge in [0.05, 0.1) is 36.3 Å². The number of carbonyl (C=O) groups is 1. The maximum absolute atomic E-state index is 12.8. The summed E-state index contributed by atoms with van der Waals surface area (Å²) in [5, 5.41) is 1.22. The van der Waals surface area contributed by atoms with Gasteiger partial charge in [-0.25, -0.2) is 4.98 Å². The molecule has 4 rings (SSSR count). The van der Waals surface area contributed by atoms with Gasteiger partial charge in [-0.1, -0.05) is 24.3 Å². The van der Waals surface area contributed by atoms with Gasteiger partial charge in [0.2, 0.25) is 0 Å². The summed E-state index contributed by atoms with van der Waals surface area (Å²) in [5.74, 6) is 1.48. The maximum atomic E-state index is 12.8. The molecule has 152 valence electrons. The number of hydrogen-bond donors (Lipinski definition) is 1. The quantitative estimate of drug-likeness (QED) is 0.680. The van der Waals surface area contributed by atoms with Gasteiger partial charge in [-0.3, -0.25) is 4.79 Å². The Bertz CT molecular complexity index is 937. The minimum absolute atomic E-state index is 0.195. The summed E-state index contributed by atoms with van der Waals surface area (Å²) in [6, 6.07) is 16.2. The summed E-state index contributed by atoms with van der Waals surface area (Å²) in [6.45, 7) is 3.22. The highest BCUT2D eigenvalue weighted by atomic mass is 32.1. The largest absolute Gasteiger partial charge is 0.497 e. The number of quaternary nitrogens is 1. The smallest absolute Gasteiger partial charge is 0.277 e. The average molecular weight is 411 g/mol. The number of nitrogens with zero attached hydrogens (tertiary/aromatic N) is 2. The number of carbonyl (C=O) groups excluding carboxylic acids is 1. The molecule has 1 unspecified atom stereocenters. The van der Waals surface area contributed by atoms with E-state index in [1.807, 2.05) is 42.3 Å². The Balaban J connectivity index is 1.34. The van der Waals surface area contributed by atoms with Crippen LogP contribution in [0.2, 0.25) is 0 Å². The first-order valence-corrected chi connectivity index (χ1v) is 11.0. The van der Waals surface area contributed by atoms with E-state index in [2.05, 4.69) is 18.2 Å². The van der Waals surface area contributed by atoms with Gasteiger partial charge in [0.15, 0.2) is 6.54 Å². The second kappa shape index (κ2) is 8.93. The molecule has 1 aliphatic rings. The molecule has 1 N–H and O–H groups in total. The molecule has 2 atom stereocenters. The molecule has 29 heavy (non-hydrogen) atoms. The zero-order valence-electron chi connectivity index (χ0n) is 17.1. The zero-order valence-corrected chi connectivity index (χ0v) is 17.9. The van der Waals surface area contributed by atoms with Crippen LogP contribution in [0, 0.1) is 0 Å². The fourth-order valence-electron chi connectivity index (χ4n) is 4.03. The number of hydrogen-bond acceptors (Lipinski definition) is 4. The van der Waals surface area contributed by atoms with Gasteiger partial charge in [0.1, 0.15) is 10.8 Å². The van der Waals surface area contributed by atoms with E-state index in [9.17, 15) is 4.79 Å². The molecule has 5 nitrogen and oxygen atoms in total. The maximum Gasteiger partial charge on any atom is 0.277 e. The molecule has 1 aromatic heterocycles. The van der Waals surface area contributed by atoms with E-state index in [1.165, 1.54) is 21.0 Å². The van der Waals surface area contributed by atoms with Gasteiger partial charge in [0.25, 0.3) is 5.91 Å². The summed E-state index contributed by atoms with van der Waals surface area (Å²) in [5.41, 5.74) is 2.21. The molecule has 2 heterocycles. The highest BCUT2D eigenvalue weighted by Gasteiger charge is 2.29. The molecule has 1 amide bonds. The SMILES string of the molecule is COc1ccc(CN(C)C(=O)C[NH+]2CCC[C@@H](c3nc4ccccc4s3)C2)cc1. The lowest BCUT2D eigenvalue weighted by Gasteiger charge is -2.29. The first-order valence-electron chi connectivity index (χ1n) is 10.2. The van der Waals surface area contributed by atoms with Crippen molar-refractivity contribution in [1.82, 2.24) is 9.88 Å². The molecular formula is C23H28N3O2S+. The average Bonchev–Trinajstić information content (AvgIpc) is 3.19. The second-order valence-electron chi connectivity index (χ2n) is 7.84. The third-order valence-electron chi connectivity index (χ3n) is 5.68. The first-order chi connectivity index (χ1) is 14.1. The predicted octanol–water partition coefficient (Wildman–Crippen LogP) is 2.73. The van der Waals surface area contributed by atoms with Crippen molar-refractivity contribution >= 4 is 27.5 Å². The number of amides is 1.